The van der Waals surface area contributed by atoms with Crippen LogP contribution in [0.15, 0.2) is 65.9 Å². The number of rotatable bonds is 12. The molecule has 0 unspecified atom stereocenters. The van der Waals surface area contributed by atoms with E-state index in [4.69, 9.17) is 0 Å². The molecular formula is C29H40N6. The summed E-state index contributed by atoms with van der Waals surface area (Å²) in [5, 5.41) is 3.26. The van der Waals surface area contributed by atoms with Gasteiger partial charge in [-0.05, 0) is 62.8 Å². The predicted molar refractivity (Wildman–Crippen MR) is 149 cm³/mol. The molecule has 6 nitrogen and oxygen atoms in total. The van der Waals surface area contributed by atoms with Gasteiger partial charge >= 0.3 is 0 Å². The van der Waals surface area contributed by atoms with Gasteiger partial charge in [-0.15, -0.1) is 0 Å². The van der Waals surface area contributed by atoms with Crippen LogP contribution in [0.25, 0.3) is 28.1 Å². The quantitative estimate of drug-likeness (QED) is 0.333. The Hall–Kier alpha value is -3.22. The van der Waals surface area contributed by atoms with Gasteiger partial charge in [0, 0.05) is 19.8 Å². The van der Waals surface area contributed by atoms with E-state index >= 15 is 0 Å². The van der Waals surface area contributed by atoms with Crippen molar-refractivity contribution < 1.29 is 0 Å². The van der Waals surface area contributed by atoms with Crippen LogP contribution in [0.1, 0.15) is 44.6 Å². The molecule has 0 saturated carbocycles. The van der Waals surface area contributed by atoms with Gasteiger partial charge in [0.1, 0.15) is 5.82 Å². The lowest BCUT2D eigenvalue weighted by Gasteiger charge is -2.20. The number of nitrogens with one attached hydrogen (secondary N) is 2. The van der Waals surface area contributed by atoms with Crippen molar-refractivity contribution >= 4 is 11.9 Å². The van der Waals surface area contributed by atoms with Crippen LogP contribution in [-0.4, -0.2) is 66.8 Å². The van der Waals surface area contributed by atoms with Crippen LogP contribution in [-0.2, 0) is 0 Å². The van der Waals surface area contributed by atoms with Crippen LogP contribution in [0.4, 0.5) is 0 Å². The molecule has 2 aromatic carbocycles. The van der Waals surface area contributed by atoms with Crippen molar-refractivity contribution in [1.29, 1.82) is 0 Å². The van der Waals surface area contributed by atoms with Crippen molar-refractivity contribution in [3.63, 3.8) is 0 Å². The molecule has 0 aliphatic rings. The van der Waals surface area contributed by atoms with E-state index in [1.165, 1.54) is 11.1 Å². The number of aliphatic imine (C=N–C) groups is 1. The second kappa shape index (κ2) is 13.0. The third kappa shape index (κ3) is 7.13. The molecule has 1 aromatic heterocycles. The van der Waals surface area contributed by atoms with E-state index in [0.29, 0.717) is 0 Å². The van der Waals surface area contributed by atoms with E-state index in [-0.39, 0.29) is 6.04 Å². The summed E-state index contributed by atoms with van der Waals surface area (Å²) in [7, 11) is 6.16. The first-order valence-corrected chi connectivity index (χ1v) is 12.5. The molecule has 0 fully saturated rings. The molecular weight excluding hydrogens is 432 g/mol. The Morgan fingerprint density at radius 2 is 1.66 bits per heavy atom. The van der Waals surface area contributed by atoms with Crippen LogP contribution in [0, 0.1) is 0 Å². The lowest BCUT2D eigenvalue weighted by atomic mass is 10.0. The minimum atomic E-state index is 0.260. The lowest BCUT2D eigenvalue weighted by Crippen LogP contribution is -2.22. The number of aromatic nitrogens is 2. The molecule has 3 aromatic rings. The number of nitrogens with zero attached hydrogens (tertiary/aromatic N) is 4. The molecule has 6 heteroatoms. The molecule has 2 N–H and O–H groups in total. The van der Waals surface area contributed by atoms with Crippen LogP contribution >= 0.6 is 0 Å². The maximum Gasteiger partial charge on any atom is 0.123 e. The Balaban J connectivity index is 1.68. The highest BCUT2D eigenvalue weighted by Crippen LogP contribution is 2.26. The van der Waals surface area contributed by atoms with E-state index in [0.717, 1.165) is 54.4 Å². The molecule has 0 aliphatic heterocycles. The molecule has 0 radical (unpaired) electrons. The van der Waals surface area contributed by atoms with Crippen molar-refractivity contribution in [3.05, 3.63) is 72.3 Å². The Bertz CT molecular complexity index is 1090. The minimum absolute atomic E-state index is 0.260. The number of benzene rings is 2. The second-order valence-electron chi connectivity index (χ2n) is 8.97. The van der Waals surface area contributed by atoms with Gasteiger partial charge in [-0.2, -0.15) is 0 Å². The van der Waals surface area contributed by atoms with Gasteiger partial charge in [-0.3, -0.25) is 9.89 Å². The average Bonchev–Trinajstić information content (AvgIpc) is 3.39. The summed E-state index contributed by atoms with van der Waals surface area (Å²) in [6.07, 6.45) is 6.92. The van der Waals surface area contributed by atoms with Crippen molar-refractivity contribution in [2.75, 3.05) is 40.8 Å². The molecule has 0 aliphatic carbocycles. The Labute approximate surface area is 210 Å². The Kier molecular flexibility index (Phi) is 9.82. The maximum atomic E-state index is 4.60. The van der Waals surface area contributed by atoms with Gasteiger partial charge in [0.05, 0.1) is 29.8 Å². The highest BCUT2D eigenvalue weighted by Gasteiger charge is 2.14. The molecule has 1 heterocycles. The lowest BCUT2D eigenvalue weighted by molar-refractivity contribution is 0.267. The van der Waals surface area contributed by atoms with Crippen molar-refractivity contribution in [3.8, 4) is 22.4 Å². The molecule has 186 valence electrons. The number of hydrogen-bond donors (Lipinski definition) is 2. The van der Waals surface area contributed by atoms with Crippen molar-refractivity contribution in [1.82, 2.24) is 25.1 Å². The van der Waals surface area contributed by atoms with Crippen LogP contribution in [0.2, 0.25) is 0 Å². The normalized spacial score (nSPS) is 13.2. The number of H-pyrrole nitrogens is 1. The standard InChI is InChI=1S/C29H40N6/c1-7-18-34(5)19-17-31-20-27(30-4)25-13-9-23(10-14-25)24-11-15-26(16-12-24)28-21-32-29(33-28)22(3)35(6)8-2/h9-17,20-22,30H,7-8,18-19H2,1-6H3,(H,32,33)/b27-20-,31-17?/t22-/m0/s1. The van der Waals surface area contributed by atoms with Crippen LogP contribution in [0.3, 0.4) is 0 Å². The third-order valence-electron chi connectivity index (χ3n) is 6.45. The molecule has 0 saturated heterocycles. The van der Waals surface area contributed by atoms with E-state index in [2.05, 4.69) is 113 Å². The number of aromatic amines is 1. The van der Waals surface area contributed by atoms with Gasteiger partial charge < -0.3 is 15.2 Å². The van der Waals surface area contributed by atoms with Gasteiger partial charge in [-0.1, -0.05) is 62.4 Å². The summed E-state index contributed by atoms with van der Waals surface area (Å²) in [5.74, 6) is 0.995. The first kappa shape index (κ1) is 26.4. The predicted octanol–water partition coefficient (Wildman–Crippen LogP) is 5.69. The van der Waals surface area contributed by atoms with Crippen molar-refractivity contribution in [2.45, 2.75) is 33.2 Å². The van der Waals surface area contributed by atoms with Gasteiger partial charge in [0.25, 0.3) is 0 Å². The fraction of sp³-hybridized carbons (Fsp3) is 0.379. The summed E-state index contributed by atoms with van der Waals surface area (Å²) < 4.78 is 0. The monoisotopic (exact) mass is 472 g/mol. The smallest absolute Gasteiger partial charge is 0.123 e. The average molecular weight is 473 g/mol. The summed E-state index contributed by atoms with van der Waals surface area (Å²) in [4.78, 5) is 17.1. The topological polar surface area (TPSA) is 59.5 Å². The minimum Gasteiger partial charge on any atom is -0.386 e. The SMILES string of the molecule is CCCN(C)CC=N/C=C(\NC)c1ccc(-c2ccc(-c3cnc([C@H](C)N(C)CC)[nH]3)cc2)cc1. The maximum absolute atomic E-state index is 4.60. The highest BCUT2D eigenvalue weighted by molar-refractivity contribution is 5.72. The molecule has 1 atom stereocenters. The largest absolute Gasteiger partial charge is 0.386 e. The summed E-state index contributed by atoms with van der Waals surface area (Å²) in [5.41, 5.74) is 6.67. The molecule has 0 spiro atoms. The Morgan fingerprint density at radius 1 is 1.03 bits per heavy atom. The van der Waals surface area contributed by atoms with E-state index in [9.17, 15) is 0 Å². The van der Waals surface area contributed by atoms with E-state index in [1.54, 1.807) is 0 Å². The molecule has 35 heavy (non-hydrogen) atoms. The van der Waals surface area contributed by atoms with Gasteiger partial charge in [0.15, 0.2) is 0 Å². The Morgan fingerprint density at radius 3 is 2.26 bits per heavy atom. The third-order valence-corrected chi connectivity index (χ3v) is 6.45. The van der Waals surface area contributed by atoms with Crippen LogP contribution < -0.4 is 5.32 Å². The highest BCUT2D eigenvalue weighted by atomic mass is 15.2. The van der Waals surface area contributed by atoms with Crippen LogP contribution in [0.5, 0.6) is 0 Å². The number of hydrogen-bond acceptors (Lipinski definition) is 5. The first-order chi connectivity index (χ1) is 17.0. The summed E-state index contributed by atoms with van der Waals surface area (Å²) >= 11 is 0. The zero-order valence-corrected chi connectivity index (χ0v) is 22.0. The fourth-order valence-electron chi connectivity index (χ4n) is 3.93. The van der Waals surface area contributed by atoms with Gasteiger partial charge in [0.2, 0.25) is 0 Å². The summed E-state index contributed by atoms with van der Waals surface area (Å²) in [6, 6.07) is 17.5. The fourth-order valence-corrected chi connectivity index (χ4v) is 3.93. The van der Waals surface area contributed by atoms with Crippen molar-refractivity contribution in [2.24, 2.45) is 4.99 Å². The van der Waals surface area contributed by atoms with E-state index < -0.39 is 0 Å². The molecule has 0 amide bonds. The van der Waals surface area contributed by atoms with Gasteiger partial charge in [-0.25, -0.2) is 4.98 Å². The number of imidazole rings is 1. The molecule has 0 bridgehead atoms. The molecule has 3 rings (SSSR count). The zero-order chi connectivity index (χ0) is 25.2. The summed E-state index contributed by atoms with van der Waals surface area (Å²) in [6.45, 7) is 9.43. The van der Waals surface area contributed by atoms with E-state index in [1.807, 2.05) is 25.7 Å². The first-order valence-electron chi connectivity index (χ1n) is 12.5. The zero-order valence-electron chi connectivity index (χ0n) is 22.0. The second-order valence-corrected chi connectivity index (χ2v) is 8.97.